The fourth-order valence-corrected chi connectivity index (χ4v) is 3.58. The Bertz CT molecular complexity index is 952. The average Bonchev–Trinajstić information content (AvgIpc) is 3.12. The molecule has 0 spiro atoms. The van der Waals surface area contributed by atoms with E-state index in [0.29, 0.717) is 21.8 Å². The van der Waals surface area contributed by atoms with Crippen LogP contribution in [-0.4, -0.2) is 25.7 Å². The van der Waals surface area contributed by atoms with Crippen molar-refractivity contribution in [2.75, 3.05) is 24.4 Å². The molecule has 0 radical (unpaired) electrons. The number of nitrogens with one attached hydrogen (secondary N) is 2. The Morgan fingerprint density at radius 1 is 1.00 bits per heavy atom. The Morgan fingerprint density at radius 2 is 1.71 bits per heavy atom. The van der Waals surface area contributed by atoms with Crippen LogP contribution in [0.25, 0.3) is 11.1 Å². The molecule has 0 aliphatic rings. The summed E-state index contributed by atoms with van der Waals surface area (Å²) >= 11 is 1.27. The Balaban J connectivity index is 1.88. The zero-order chi connectivity index (χ0) is 19.9. The van der Waals surface area contributed by atoms with Gasteiger partial charge in [0.05, 0.1) is 13.7 Å². The van der Waals surface area contributed by atoms with E-state index in [2.05, 4.69) is 10.6 Å². The van der Waals surface area contributed by atoms with E-state index in [1.807, 2.05) is 47.8 Å². The predicted molar refractivity (Wildman–Crippen MR) is 111 cm³/mol. The maximum atomic E-state index is 12.6. The monoisotopic (exact) mass is 396 g/mol. The number of benzene rings is 2. The average molecular weight is 396 g/mol. The van der Waals surface area contributed by atoms with Gasteiger partial charge in [-0.15, -0.1) is 11.3 Å². The summed E-state index contributed by atoms with van der Waals surface area (Å²) in [6.07, 6.45) is 0. The summed E-state index contributed by atoms with van der Waals surface area (Å²) in [4.78, 5) is 24.9. The van der Waals surface area contributed by atoms with Crippen LogP contribution in [0.5, 0.6) is 5.75 Å². The molecule has 0 saturated heterocycles. The number of carbonyl (C=O) groups excluding carboxylic acids is 2. The van der Waals surface area contributed by atoms with Gasteiger partial charge in [0.25, 0.3) is 0 Å². The van der Waals surface area contributed by atoms with E-state index in [9.17, 15) is 9.59 Å². The Kier molecular flexibility index (Phi) is 6.29. The van der Waals surface area contributed by atoms with Gasteiger partial charge in [-0.1, -0.05) is 30.3 Å². The predicted octanol–water partition coefficient (Wildman–Crippen LogP) is 5.24. The highest BCUT2D eigenvalue weighted by Gasteiger charge is 2.22. The lowest BCUT2D eigenvalue weighted by molar-refractivity contribution is 0.0529. The van der Waals surface area contributed by atoms with Crippen LogP contribution in [0.1, 0.15) is 17.3 Å². The molecule has 1 aromatic heterocycles. The summed E-state index contributed by atoms with van der Waals surface area (Å²) in [5, 5.41) is 7.75. The fraction of sp³-hybridized carbons (Fsp3) is 0.143. The van der Waals surface area contributed by atoms with Crippen molar-refractivity contribution < 1.29 is 19.1 Å². The van der Waals surface area contributed by atoms with Crippen LogP contribution >= 0.6 is 11.3 Å². The van der Waals surface area contributed by atoms with Gasteiger partial charge in [-0.3, -0.25) is 5.32 Å². The SMILES string of the molecule is CCOC(=O)c1c(-c2ccc(OC)cc2)csc1NC(=O)Nc1ccccc1. The molecule has 0 fully saturated rings. The molecule has 0 bridgehead atoms. The Hall–Kier alpha value is -3.32. The quantitative estimate of drug-likeness (QED) is 0.558. The fourth-order valence-electron chi connectivity index (χ4n) is 2.63. The molecule has 0 unspecified atom stereocenters. The van der Waals surface area contributed by atoms with Crippen molar-refractivity contribution >= 4 is 34.0 Å². The van der Waals surface area contributed by atoms with E-state index in [-0.39, 0.29) is 6.61 Å². The van der Waals surface area contributed by atoms with Crippen molar-refractivity contribution in [3.63, 3.8) is 0 Å². The minimum Gasteiger partial charge on any atom is -0.497 e. The molecule has 3 rings (SSSR count). The molecule has 2 N–H and O–H groups in total. The van der Waals surface area contributed by atoms with Gasteiger partial charge in [0.1, 0.15) is 16.3 Å². The summed E-state index contributed by atoms with van der Waals surface area (Å²) in [6.45, 7) is 1.99. The highest BCUT2D eigenvalue weighted by molar-refractivity contribution is 7.15. The highest BCUT2D eigenvalue weighted by Crippen LogP contribution is 2.37. The third-order valence-electron chi connectivity index (χ3n) is 3.93. The third-order valence-corrected chi connectivity index (χ3v) is 4.83. The van der Waals surface area contributed by atoms with E-state index < -0.39 is 12.0 Å². The Labute approximate surface area is 167 Å². The van der Waals surface area contributed by atoms with Crippen molar-refractivity contribution in [2.45, 2.75) is 6.92 Å². The van der Waals surface area contributed by atoms with Crippen molar-refractivity contribution in [1.82, 2.24) is 0 Å². The molecule has 3 aromatic rings. The largest absolute Gasteiger partial charge is 0.497 e. The second kappa shape index (κ2) is 9.05. The molecule has 1 heterocycles. The zero-order valence-corrected chi connectivity index (χ0v) is 16.3. The number of hydrogen-bond acceptors (Lipinski definition) is 5. The summed E-state index contributed by atoms with van der Waals surface area (Å²) in [7, 11) is 1.59. The lowest BCUT2D eigenvalue weighted by Gasteiger charge is -2.10. The number of anilines is 2. The maximum Gasteiger partial charge on any atom is 0.341 e. The second-order valence-corrected chi connectivity index (χ2v) is 6.63. The van der Waals surface area contributed by atoms with Gasteiger partial charge in [-0.05, 0) is 36.8 Å². The molecule has 7 heteroatoms. The minimum absolute atomic E-state index is 0.242. The number of carbonyl (C=O) groups is 2. The van der Waals surface area contributed by atoms with E-state index in [1.54, 1.807) is 26.2 Å². The number of methoxy groups -OCH3 is 1. The molecule has 2 amide bonds. The van der Waals surface area contributed by atoms with Crippen LogP contribution in [0, 0.1) is 0 Å². The number of esters is 1. The van der Waals surface area contributed by atoms with Crippen LogP contribution in [0.4, 0.5) is 15.5 Å². The van der Waals surface area contributed by atoms with Crippen LogP contribution in [0.2, 0.25) is 0 Å². The molecule has 144 valence electrons. The van der Waals surface area contributed by atoms with E-state index in [1.165, 1.54) is 11.3 Å². The number of urea groups is 1. The van der Waals surface area contributed by atoms with E-state index in [0.717, 1.165) is 11.3 Å². The first-order valence-corrected chi connectivity index (χ1v) is 9.56. The number of rotatable bonds is 6. The summed E-state index contributed by atoms with van der Waals surface area (Å²) < 4.78 is 10.4. The standard InChI is InChI=1S/C21H20N2O4S/c1-3-27-20(24)18-17(14-9-11-16(26-2)12-10-14)13-28-19(18)23-21(25)22-15-7-5-4-6-8-15/h4-13H,3H2,1-2H3,(H2,22,23,25). The van der Waals surface area contributed by atoms with Gasteiger partial charge >= 0.3 is 12.0 Å². The van der Waals surface area contributed by atoms with Gasteiger partial charge in [-0.2, -0.15) is 0 Å². The molecule has 28 heavy (non-hydrogen) atoms. The molecular formula is C21H20N2O4S. The minimum atomic E-state index is -0.482. The second-order valence-electron chi connectivity index (χ2n) is 5.75. The first-order chi connectivity index (χ1) is 13.6. The van der Waals surface area contributed by atoms with Gasteiger partial charge in [0.15, 0.2) is 0 Å². The lowest BCUT2D eigenvalue weighted by Crippen LogP contribution is -2.20. The third kappa shape index (κ3) is 4.50. The summed E-state index contributed by atoms with van der Waals surface area (Å²) in [5.74, 6) is 0.238. The number of ether oxygens (including phenoxy) is 2. The van der Waals surface area contributed by atoms with E-state index >= 15 is 0 Å². The van der Waals surface area contributed by atoms with Crippen LogP contribution in [0.15, 0.2) is 60.0 Å². The van der Waals surface area contributed by atoms with Crippen LogP contribution < -0.4 is 15.4 Å². The number of amides is 2. The molecule has 0 atom stereocenters. The van der Waals surface area contributed by atoms with Crippen LogP contribution in [0.3, 0.4) is 0 Å². The van der Waals surface area contributed by atoms with E-state index in [4.69, 9.17) is 9.47 Å². The number of thiophene rings is 1. The number of para-hydroxylation sites is 1. The molecule has 0 saturated carbocycles. The molecule has 0 aliphatic carbocycles. The maximum absolute atomic E-state index is 12.6. The molecule has 6 nitrogen and oxygen atoms in total. The topological polar surface area (TPSA) is 76.7 Å². The molecular weight excluding hydrogens is 376 g/mol. The molecule has 2 aromatic carbocycles. The summed E-state index contributed by atoms with van der Waals surface area (Å²) in [6, 6.07) is 16.0. The summed E-state index contributed by atoms with van der Waals surface area (Å²) in [5.41, 5.74) is 2.52. The molecule has 0 aliphatic heterocycles. The van der Waals surface area contributed by atoms with Crippen molar-refractivity contribution in [3.8, 4) is 16.9 Å². The highest BCUT2D eigenvalue weighted by atomic mass is 32.1. The normalized spacial score (nSPS) is 10.2. The zero-order valence-electron chi connectivity index (χ0n) is 15.5. The van der Waals surface area contributed by atoms with Crippen molar-refractivity contribution in [3.05, 3.63) is 65.5 Å². The first-order valence-electron chi connectivity index (χ1n) is 8.68. The lowest BCUT2D eigenvalue weighted by atomic mass is 10.0. The Morgan fingerprint density at radius 3 is 2.36 bits per heavy atom. The number of hydrogen-bond donors (Lipinski definition) is 2. The first kappa shape index (κ1) is 19.4. The van der Waals surface area contributed by atoms with Gasteiger partial charge in [-0.25, -0.2) is 9.59 Å². The van der Waals surface area contributed by atoms with Gasteiger partial charge < -0.3 is 14.8 Å². The smallest absolute Gasteiger partial charge is 0.341 e. The van der Waals surface area contributed by atoms with Crippen molar-refractivity contribution in [1.29, 1.82) is 0 Å². The van der Waals surface area contributed by atoms with Gasteiger partial charge in [0, 0.05) is 16.6 Å². The van der Waals surface area contributed by atoms with Gasteiger partial charge in [0.2, 0.25) is 0 Å². The van der Waals surface area contributed by atoms with Crippen LogP contribution in [-0.2, 0) is 4.74 Å². The van der Waals surface area contributed by atoms with Crippen molar-refractivity contribution in [2.24, 2.45) is 0 Å².